The summed E-state index contributed by atoms with van der Waals surface area (Å²) in [7, 11) is 0. The van der Waals surface area contributed by atoms with Crippen LogP contribution in [0.4, 0.5) is 0 Å². The van der Waals surface area contributed by atoms with Gasteiger partial charge in [-0.15, -0.1) is 0 Å². The minimum atomic E-state index is 0.449. The highest BCUT2D eigenvalue weighted by Gasteiger charge is 1.96. The van der Waals surface area contributed by atoms with E-state index in [9.17, 15) is 0 Å². The van der Waals surface area contributed by atoms with Crippen molar-refractivity contribution < 1.29 is 4.74 Å². The number of benzene rings is 1. The van der Waals surface area contributed by atoms with Gasteiger partial charge >= 0.3 is 0 Å². The summed E-state index contributed by atoms with van der Waals surface area (Å²) in [5.74, 6) is 1.42. The second kappa shape index (κ2) is 4.71. The molecule has 76 valence electrons. The van der Waals surface area contributed by atoms with E-state index in [2.05, 4.69) is 32.6 Å². The predicted molar refractivity (Wildman–Crippen MR) is 68.7 cm³/mol. The van der Waals surface area contributed by atoms with Crippen LogP contribution in [-0.4, -0.2) is 9.97 Å². The van der Waals surface area contributed by atoms with Gasteiger partial charge in [-0.25, -0.2) is 4.98 Å². The molecule has 1 heterocycles. The van der Waals surface area contributed by atoms with E-state index < -0.39 is 0 Å². The molecule has 2 rings (SSSR count). The largest absolute Gasteiger partial charge is 0.454 e. The van der Waals surface area contributed by atoms with Crippen molar-refractivity contribution >= 4 is 34.8 Å². The van der Waals surface area contributed by atoms with Gasteiger partial charge in [0.2, 0.25) is 0 Å². The number of H-pyrrole nitrogens is 1. The third-order valence-corrected chi connectivity index (χ3v) is 2.64. The van der Waals surface area contributed by atoms with Crippen LogP contribution in [0.25, 0.3) is 0 Å². The molecule has 0 atom stereocenters. The van der Waals surface area contributed by atoms with Crippen molar-refractivity contribution in [2.24, 2.45) is 0 Å². The fourth-order valence-corrected chi connectivity index (χ4v) is 1.50. The molecular formula is C10H7IN2OS. The molecule has 15 heavy (non-hydrogen) atoms. The average Bonchev–Trinajstić information content (AvgIpc) is 2.25. The van der Waals surface area contributed by atoms with Gasteiger partial charge in [0.15, 0.2) is 10.5 Å². The number of nitrogens with one attached hydrogen (secondary N) is 1. The molecule has 0 aliphatic heterocycles. The third kappa shape index (κ3) is 3.00. The molecule has 0 amide bonds. The maximum absolute atomic E-state index is 5.54. The summed E-state index contributed by atoms with van der Waals surface area (Å²) in [4.78, 5) is 6.73. The topological polar surface area (TPSA) is 37.9 Å². The first-order chi connectivity index (χ1) is 7.24. The van der Waals surface area contributed by atoms with E-state index >= 15 is 0 Å². The zero-order valence-electron chi connectivity index (χ0n) is 7.61. The number of ether oxygens (including phenoxy) is 1. The lowest BCUT2D eigenvalue weighted by Crippen LogP contribution is -1.87. The van der Waals surface area contributed by atoms with Crippen molar-refractivity contribution in [3.05, 3.63) is 45.0 Å². The number of halogens is 1. The van der Waals surface area contributed by atoms with Gasteiger partial charge in [0.25, 0.3) is 0 Å². The summed E-state index contributed by atoms with van der Waals surface area (Å²) >= 11 is 7.07. The molecular weight excluding hydrogens is 323 g/mol. The van der Waals surface area contributed by atoms with Crippen LogP contribution in [0.15, 0.2) is 36.7 Å². The van der Waals surface area contributed by atoms with E-state index in [0.29, 0.717) is 10.5 Å². The molecule has 1 aromatic carbocycles. The Morgan fingerprint density at radius 3 is 2.53 bits per heavy atom. The van der Waals surface area contributed by atoms with Crippen LogP contribution in [0.1, 0.15) is 0 Å². The number of nitrogens with zero attached hydrogens (tertiary/aromatic N) is 1. The molecule has 0 spiro atoms. The molecule has 0 unspecified atom stereocenters. The van der Waals surface area contributed by atoms with Gasteiger partial charge in [0.05, 0.1) is 6.20 Å². The van der Waals surface area contributed by atoms with Gasteiger partial charge in [-0.1, -0.05) is 0 Å². The van der Waals surface area contributed by atoms with Crippen LogP contribution < -0.4 is 4.74 Å². The lowest BCUT2D eigenvalue weighted by Gasteiger charge is -2.04. The fourth-order valence-electron chi connectivity index (χ4n) is 1.02. The fraction of sp³-hybridized carbons (Fsp3) is 0. The Morgan fingerprint density at radius 1 is 1.20 bits per heavy atom. The van der Waals surface area contributed by atoms with E-state index in [4.69, 9.17) is 17.0 Å². The average molecular weight is 330 g/mol. The Balaban J connectivity index is 2.18. The number of hydrogen-bond donors (Lipinski definition) is 1. The van der Waals surface area contributed by atoms with E-state index in [0.717, 1.165) is 5.75 Å². The first-order valence-electron chi connectivity index (χ1n) is 4.22. The normalized spacial score (nSPS) is 9.93. The highest BCUT2D eigenvalue weighted by atomic mass is 127. The van der Waals surface area contributed by atoms with Crippen LogP contribution in [0.3, 0.4) is 0 Å². The van der Waals surface area contributed by atoms with Gasteiger partial charge in [0.1, 0.15) is 5.75 Å². The zero-order valence-corrected chi connectivity index (χ0v) is 10.6. The molecule has 0 saturated heterocycles. The molecule has 0 fully saturated rings. The van der Waals surface area contributed by atoms with E-state index in [1.807, 2.05) is 24.3 Å². The second-order valence-electron chi connectivity index (χ2n) is 2.81. The standard InChI is InChI=1S/C10H7IN2OS/c11-7-1-3-8(4-2-7)14-9-5-12-10(15)13-6-9/h1-6H,(H,12,13,15). The monoisotopic (exact) mass is 330 g/mol. The molecule has 1 N–H and O–H groups in total. The summed E-state index contributed by atoms with van der Waals surface area (Å²) in [5, 5.41) is 0. The van der Waals surface area contributed by atoms with Gasteiger partial charge < -0.3 is 9.72 Å². The summed E-state index contributed by atoms with van der Waals surface area (Å²) in [6.07, 6.45) is 3.28. The Kier molecular flexibility index (Phi) is 3.32. The maximum Gasteiger partial charge on any atom is 0.196 e. The van der Waals surface area contributed by atoms with Crippen LogP contribution in [0.5, 0.6) is 11.5 Å². The number of aromatic nitrogens is 2. The van der Waals surface area contributed by atoms with E-state index in [1.54, 1.807) is 12.4 Å². The SMILES string of the molecule is S=c1ncc(Oc2ccc(I)cc2)c[nH]1. The summed E-state index contributed by atoms with van der Waals surface area (Å²) in [6.45, 7) is 0. The lowest BCUT2D eigenvalue weighted by atomic mass is 10.3. The first kappa shape index (κ1) is 10.6. The van der Waals surface area contributed by atoms with Crippen molar-refractivity contribution in [2.75, 3.05) is 0 Å². The first-order valence-corrected chi connectivity index (χ1v) is 5.71. The molecule has 0 saturated carbocycles. The molecule has 1 aromatic heterocycles. The minimum Gasteiger partial charge on any atom is -0.454 e. The highest BCUT2D eigenvalue weighted by Crippen LogP contribution is 2.20. The van der Waals surface area contributed by atoms with Crippen molar-refractivity contribution in [3.63, 3.8) is 0 Å². The number of rotatable bonds is 2. The van der Waals surface area contributed by atoms with Crippen molar-refractivity contribution in [3.8, 4) is 11.5 Å². The van der Waals surface area contributed by atoms with Crippen LogP contribution in [0.2, 0.25) is 0 Å². The van der Waals surface area contributed by atoms with E-state index in [1.165, 1.54) is 3.57 Å². The Bertz CT molecular complexity index is 489. The lowest BCUT2D eigenvalue weighted by molar-refractivity contribution is 0.477. The highest BCUT2D eigenvalue weighted by molar-refractivity contribution is 14.1. The molecule has 3 nitrogen and oxygen atoms in total. The van der Waals surface area contributed by atoms with Gasteiger partial charge in [-0.3, -0.25) is 0 Å². The Labute approximate surface area is 106 Å². The zero-order chi connectivity index (χ0) is 10.7. The maximum atomic E-state index is 5.54. The van der Waals surface area contributed by atoms with Crippen molar-refractivity contribution in [2.45, 2.75) is 0 Å². The van der Waals surface area contributed by atoms with Gasteiger partial charge in [0, 0.05) is 9.77 Å². The predicted octanol–water partition coefficient (Wildman–Crippen LogP) is 3.54. The van der Waals surface area contributed by atoms with Crippen LogP contribution in [-0.2, 0) is 0 Å². The molecule has 0 bridgehead atoms. The number of aromatic amines is 1. The molecule has 2 aromatic rings. The van der Waals surface area contributed by atoms with Gasteiger partial charge in [-0.05, 0) is 59.1 Å². The van der Waals surface area contributed by atoms with Crippen molar-refractivity contribution in [1.29, 1.82) is 0 Å². The number of hydrogen-bond acceptors (Lipinski definition) is 3. The molecule has 0 aliphatic carbocycles. The van der Waals surface area contributed by atoms with Crippen LogP contribution in [0, 0.1) is 8.34 Å². The van der Waals surface area contributed by atoms with Crippen LogP contribution >= 0.6 is 34.8 Å². The Morgan fingerprint density at radius 2 is 1.93 bits per heavy atom. The van der Waals surface area contributed by atoms with E-state index in [-0.39, 0.29) is 0 Å². The van der Waals surface area contributed by atoms with Crippen molar-refractivity contribution in [1.82, 2.24) is 9.97 Å². The summed E-state index contributed by atoms with van der Waals surface area (Å²) < 4.78 is 7.17. The quantitative estimate of drug-likeness (QED) is 0.676. The molecule has 0 aliphatic rings. The summed E-state index contributed by atoms with van der Waals surface area (Å²) in [6, 6.07) is 7.77. The van der Waals surface area contributed by atoms with Gasteiger partial charge in [-0.2, -0.15) is 0 Å². The Hall–Kier alpha value is -0.950. The smallest absolute Gasteiger partial charge is 0.196 e. The molecule has 0 radical (unpaired) electrons. The molecule has 5 heteroatoms. The minimum absolute atomic E-state index is 0.449. The second-order valence-corrected chi connectivity index (χ2v) is 4.44. The third-order valence-electron chi connectivity index (χ3n) is 1.70. The summed E-state index contributed by atoms with van der Waals surface area (Å²) in [5.41, 5.74) is 0.